The third kappa shape index (κ3) is 3.89. The van der Waals surface area contributed by atoms with Crippen molar-refractivity contribution in [2.45, 2.75) is 18.9 Å². The molecule has 1 fully saturated rings. The van der Waals surface area contributed by atoms with Crippen molar-refractivity contribution >= 4 is 28.6 Å². The number of hydrogen-bond donors (Lipinski definition) is 1. The van der Waals surface area contributed by atoms with E-state index in [9.17, 15) is 14.0 Å². The summed E-state index contributed by atoms with van der Waals surface area (Å²) in [5.74, 6) is -1.45. The summed E-state index contributed by atoms with van der Waals surface area (Å²) in [6.07, 6.45) is 0.714. The average Bonchev–Trinajstić information content (AvgIpc) is 3.26. The average molecular weight is 393 g/mol. The van der Waals surface area contributed by atoms with Crippen molar-refractivity contribution in [3.8, 4) is 0 Å². The zero-order valence-electron chi connectivity index (χ0n) is 15.7. The Morgan fingerprint density at radius 1 is 1.07 bits per heavy atom. The highest BCUT2D eigenvalue weighted by Crippen LogP contribution is 2.29. The molecule has 7 heteroatoms. The number of ether oxygens (including phenoxy) is 1. The van der Waals surface area contributed by atoms with E-state index in [0.717, 1.165) is 36.8 Å². The summed E-state index contributed by atoms with van der Waals surface area (Å²) in [7, 11) is 0. The van der Waals surface area contributed by atoms with Gasteiger partial charge in [-0.25, -0.2) is 14.2 Å². The first-order chi connectivity index (χ1) is 14.0. The number of nitrogens with two attached hydrogens (primary N) is 1. The van der Waals surface area contributed by atoms with E-state index in [1.54, 1.807) is 6.07 Å². The standard InChI is InChI=1S/C22H20FN3O3/c23-16-9-7-14(8-10-16)19(20(24)27)29-22(28)17-13-15-5-1-2-6-18(15)25-21(17)26-11-3-4-12-26/h1-2,5-10,13,19H,3-4,11-12H2,(H2,24,27). The van der Waals surface area contributed by atoms with Gasteiger partial charge in [0.2, 0.25) is 6.10 Å². The van der Waals surface area contributed by atoms with Gasteiger partial charge in [-0.15, -0.1) is 0 Å². The number of fused-ring (bicyclic) bond motifs is 1. The van der Waals surface area contributed by atoms with Crippen molar-refractivity contribution < 1.29 is 18.7 Å². The van der Waals surface area contributed by atoms with Crippen molar-refractivity contribution in [2.75, 3.05) is 18.0 Å². The van der Waals surface area contributed by atoms with E-state index in [4.69, 9.17) is 10.5 Å². The van der Waals surface area contributed by atoms with Gasteiger partial charge in [0.05, 0.1) is 5.52 Å². The first-order valence-corrected chi connectivity index (χ1v) is 9.43. The second-order valence-corrected chi connectivity index (χ2v) is 6.99. The molecule has 1 amide bonds. The summed E-state index contributed by atoms with van der Waals surface area (Å²) in [5.41, 5.74) is 6.81. The number of esters is 1. The van der Waals surface area contributed by atoms with E-state index >= 15 is 0 Å². The molecule has 2 aromatic carbocycles. The van der Waals surface area contributed by atoms with Crippen LogP contribution >= 0.6 is 0 Å². The first kappa shape index (κ1) is 18.9. The Morgan fingerprint density at radius 3 is 2.45 bits per heavy atom. The Morgan fingerprint density at radius 2 is 1.76 bits per heavy atom. The van der Waals surface area contributed by atoms with Gasteiger partial charge in [0.15, 0.2) is 0 Å². The lowest BCUT2D eigenvalue weighted by Crippen LogP contribution is -2.28. The van der Waals surface area contributed by atoms with Gasteiger partial charge in [0.25, 0.3) is 5.91 Å². The minimum atomic E-state index is -1.32. The van der Waals surface area contributed by atoms with E-state index in [1.807, 2.05) is 29.2 Å². The van der Waals surface area contributed by atoms with E-state index in [0.29, 0.717) is 11.4 Å². The number of primary amides is 1. The third-order valence-corrected chi connectivity index (χ3v) is 4.99. The second-order valence-electron chi connectivity index (χ2n) is 6.99. The Labute approximate surface area is 167 Å². The van der Waals surface area contributed by atoms with E-state index in [-0.39, 0.29) is 5.56 Å². The zero-order valence-corrected chi connectivity index (χ0v) is 15.7. The van der Waals surface area contributed by atoms with Gasteiger partial charge in [-0.3, -0.25) is 4.79 Å². The molecule has 0 aliphatic carbocycles. The van der Waals surface area contributed by atoms with Crippen LogP contribution in [0.1, 0.15) is 34.9 Å². The largest absolute Gasteiger partial charge is 0.444 e. The number of pyridine rings is 1. The summed E-state index contributed by atoms with van der Waals surface area (Å²) in [6.45, 7) is 1.59. The van der Waals surface area contributed by atoms with Gasteiger partial charge in [-0.1, -0.05) is 30.3 Å². The Kier molecular flexibility index (Phi) is 5.12. The van der Waals surface area contributed by atoms with Crippen molar-refractivity contribution in [1.82, 2.24) is 4.98 Å². The summed E-state index contributed by atoms with van der Waals surface area (Å²) >= 11 is 0. The maximum Gasteiger partial charge on any atom is 0.343 e. The number of aromatic nitrogens is 1. The fourth-order valence-electron chi connectivity index (χ4n) is 3.52. The molecular weight excluding hydrogens is 373 g/mol. The molecule has 3 aromatic rings. The number of carbonyl (C=O) groups excluding carboxylic acids is 2. The van der Waals surface area contributed by atoms with Crippen LogP contribution in [0.25, 0.3) is 10.9 Å². The van der Waals surface area contributed by atoms with E-state index < -0.39 is 23.8 Å². The molecule has 0 saturated carbocycles. The van der Waals surface area contributed by atoms with Crippen molar-refractivity contribution in [1.29, 1.82) is 0 Å². The van der Waals surface area contributed by atoms with Crippen molar-refractivity contribution in [3.63, 3.8) is 0 Å². The summed E-state index contributed by atoms with van der Waals surface area (Å²) in [6, 6.07) is 14.3. The van der Waals surface area contributed by atoms with Gasteiger partial charge in [0, 0.05) is 24.0 Å². The molecular formula is C22H20FN3O3. The Balaban J connectivity index is 1.71. The first-order valence-electron chi connectivity index (χ1n) is 9.43. The van der Waals surface area contributed by atoms with Crippen molar-refractivity contribution in [2.24, 2.45) is 5.73 Å². The molecule has 4 rings (SSSR count). The number of carbonyl (C=O) groups is 2. The molecule has 1 atom stereocenters. The minimum Gasteiger partial charge on any atom is -0.444 e. The zero-order chi connectivity index (χ0) is 20.4. The van der Waals surface area contributed by atoms with Crippen LogP contribution in [0.2, 0.25) is 0 Å². The SMILES string of the molecule is NC(=O)C(OC(=O)c1cc2ccccc2nc1N1CCCC1)c1ccc(F)cc1. The highest BCUT2D eigenvalue weighted by atomic mass is 19.1. The lowest BCUT2D eigenvalue weighted by atomic mass is 10.1. The monoisotopic (exact) mass is 393 g/mol. The van der Waals surface area contributed by atoms with Gasteiger partial charge in [0.1, 0.15) is 17.2 Å². The molecule has 6 nitrogen and oxygen atoms in total. The number of amides is 1. The molecule has 1 saturated heterocycles. The topological polar surface area (TPSA) is 85.5 Å². The van der Waals surface area contributed by atoms with Crippen LogP contribution in [-0.4, -0.2) is 29.9 Å². The predicted molar refractivity (Wildman–Crippen MR) is 107 cm³/mol. The maximum atomic E-state index is 13.2. The fraction of sp³-hybridized carbons (Fsp3) is 0.227. The summed E-state index contributed by atoms with van der Waals surface area (Å²) in [5, 5.41) is 0.791. The molecule has 0 bridgehead atoms. The van der Waals surface area contributed by atoms with Crippen LogP contribution in [0.3, 0.4) is 0 Å². The number of halogens is 1. The summed E-state index contributed by atoms with van der Waals surface area (Å²) < 4.78 is 18.7. The number of nitrogens with zero attached hydrogens (tertiary/aromatic N) is 2. The number of rotatable bonds is 5. The molecule has 1 aromatic heterocycles. The number of benzene rings is 2. The molecule has 2 heterocycles. The normalized spacial score (nSPS) is 14.7. The fourth-order valence-corrected chi connectivity index (χ4v) is 3.52. The minimum absolute atomic E-state index is 0.277. The van der Waals surface area contributed by atoms with Crippen molar-refractivity contribution in [3.05, 3.63) is 71.5 Å². The van der Waals surface area contributed by atoms with Gasteiger partial charge < -0.3 is 15.4 Å². The van der Waals surface area contributed by atoms with Gasteiger partial charge in [-0.05, 0) is 37.1 Å². The number of para-hydroxylation sites is 1. The van der Waals surface area contributed by atoms with E-state index in [2.05, 4.69) is 4.98 Å². The second kappa shape index (κ2) is 7.87. The van der Waals surface area contributed by atoms with Crippen LogP contribution in [0.5, 0.6) is 0 Å². The van der Waals surface area contributed by atoms with E-state index in [1.165, 1.54) is 24.3 Å². The maximum absolute atomic E-state index is 13.2. The van der Waals surface area contributed by atoms with Crippen LogP contribution in [-0.2, 0) is 9.53 Å². The van der Waals surface area contributed by atoms with Crippen LogP contribution in [0.15, 0.2) is 54.6 Å². The molecule has 148 valence electrons. The lowest BCUT2D eigenvalue weighted by molar-refractivity contribution is -0.127. The highest BCUT2D eigenvalue weighted by molar-refractivity contribution is 6.00. The van der Waals surface area contributed by atoms with Crippen LogP contribution in [0.4, 0.5) is 10.2 Å². The van der Waals surface area contributed by atoms with Crippen LogP contribution in [0, 0.1) is 5.82 Å². The molecule has 0 radical (unpaired) electrons. The van der Waals surface area contributed by atoms with Gasteiger partial charge in [-0.2, -0.15) is 0 Å². The number of hydrogen-bond acceptors (Lipinski definition) is 5. The Bertz CT molecular complexity index is 1060. The molecule has 1 unspecified atom stereocenters. The summed E-state index contributed by atoms with van der Waals surface area (Å²) in [4.78, 5) is 31.7. The number of anilines is 1. The van der Waals surface area contributed by atoms with Gasteiger partial charge >= 0.3 is 5.97 Å². The Hall–Kier alpha value is -3.48. The predicted octanol–water partition coefficient (Wildman–Crippen LogP) is 3.36. The molecule has 2 N–H and O–H groups in total. The smallest absolute Gasteiger partial charge is 0.343 e. The molecule has 29 heavy (non-hydrogen) atoms. The quantitative estimate of drug-likeness (QED) is 0.672. The molecule has 1 aliphatic rings. The highest BCUT2D eigenvalue weighted by Gasteiger charge is 2.28. The lowest BCUT2D eigenvalue weighted by Gasteiger charge is -2.21. The third-order valence-electron chi connectivity index (χ3n) is 4.99. The molecule has 1 aliphatic heterocycles. The van der Waals surface area contributed by atoms with Crippen LogP contribution < -0.4 is 10.6 Å². The molecule has 0 spiro atoms.